The molecular formula is C13H19ClO. The summed E-state index contributed by atoms with van der Waals surface area (Å²) in [7, 11) is 0. The minimum atomic E-state index is -0.585. The Bertz CT molecular complexity index is 374. The van der Waals surface area contributed by atoms with Crippen LogP contribution in [0, 0.1) is 10.8 Å². The lowest BCUT2D eigenvalue weighted by Crippen LogP contribution is -2.44. The second kappa shape index (κ2) is 3.48. The van der Waals surface area contributed by atoms with Gasteiger partial charge in [0.25, 0.3) is 0 Å². The van der Waals surface area contributed by atoms with E-state index in [2.05, 4.69) is 33.8 Å². The summed E-state index contributed by atoms with van der Waals surface area (Å²) in [6, 6.07) is 0. The fourth-order valence-electron chi connectivity index (χ4n) is 2.34. The monoisotopic (exact) mass is 226 g/mol. The number of hydrogen-bond acceptors (Lipinski definition) is 1. The summed E-state index contributed by atoms with van der Waals surface area (Å²) in [6.07, 6.45) is 2.07. The second-order valence-electron chi connectivity index (χ2n) is 5.16. The highest BCUT2D eigenvalue weighted by atomic mass is 35.5. The van der Waals surface area contributed by atoms with Crippen LogP contribution in [0.5, 0.6) is 0 Å². The van der Waals surface area contributed by atoms with Gasteiger partial charge in [-0.1, -0.05) is 36.6 Å². The molecule has 0 bridgehead atoms. The summed E-state index contributed by atoms with van der Waals surface area (Å²) >= 11 is 5.79. The fraction of sp³-hybridized carbons (Fsp3) is 0.615. The molecule has 1 nitrogen and oxygen atoms in total. The van der Waals surface area contributed by atoms with E-state index in [9.17, 15) is 4.79 Å². The Morgan fingerprint density at radius 1 is 1.20 bits per heavy atom. The van der Waals surface area contributed by atoms with Gasteiger partial charge in [-0.05, 0) is 39.3 Å². The highest BCUT2D eigenvalue weighted by Crippen LogP contribution is 2.54. The van der Waals surface area contributed by atoms with Gasteiger partial charge in [0.1, 0.15) is 0 Å². The molecule has 1 unspecified atom stereocenters. The predicted octanol–water partition coefficient (Wildman–Crippen LogP) is 4.08. The molecule has 1 aliphatic carbocycles. The first kappa shape index (κ1) is 12.5. The maximum atomic E-state index is 11.7. The van der Waals surface area contributed by atoms with Crippen molar-refractivity contribution in [3.05, 3.63) is 22.8 Å². The Balaban J connectivity index is 3.48. The lowest BCUT2D eigenvalue weighted by molar-refractivity contribution is -0.122. The van der Waals surface area contributed by atoms with E-state index in [1.54, 1.807) is 0 Å². The van der Waals surface area contributed by atoms with E-state index in [-0.39, 0.29) is 10.7 Å². The molecule has 0 fully saturated rings. The van der Waals surface area contributed by atoms with Gasteiger partial charge in [-0.15, -0.1) is 0 Å². The van der Waals surface area contributed by atoms with Crippen molar-refractivity contribution in [1.82, 2.24) is 0 Å². The summed E-state index contributed by atoms with van der Waals surface area (Å²) < 4.78 is 0. The average molecular weight is 227 g/mol. The highest BCUT2D eigenvalue weighted by Gasteiger charge is 2.50. The normalized spacial score (nSPS) is 30.2. The van der Waals surface area contributed by atoms with E-state index >= 15 is 0 Å². The molecule has 0 amide bonds. The van der Waals surface area contributed by atoms with Gasteiger partial charge >= 0.3 is 0 Å². The fourth-order valence-corrected chi connectivity index (χ4v) is 2.72. The van der Waals surface area contributed by atoms with Gasteiger partial charge in [0.05, 0.1) is 5.41 Å². The molecule has 0 spiro atoms. The quantitative estimate of drug-likeness (QED) is 0.616. The molecule has 0 saturated heterocycles. The second-order valence-corrected chi connectivity index (χ2v) is 5.50. The van der Waals surface area contributed by atoms with Crippen molar-refractivity contribution in [3.63, 3.8) is 0 Å². The molecule has 2 heteroatoms. The smallest absolute Gasteiger partial charge is 0.232 e. The van der Waals surface area contributed by atoms with Crippen LogP contribution in [0.3, 0.4) is 0 Å². The highest BCUT2D eigenvalue weighted by molar-refractivity contribution is 6.65. The standard InChI is InChI=1S/C13H19ClO/c1-8-7-9(2)13(6,11(14)15)12(4,5)10(8)3/h7H,1-6H3. The van der Waals surface area contributed by atoms with Crippen LogP contribution in [-0.2, 0) is 4.79 Å². The molecule has 1 rings (SSSR count). The zero-order valence-electron chi connectivity index (χ0n) is 10.4. The molecule has 0 radical (unpaired) electrons. The topological polar surface area (TPSA) is 17.1 Å². The summed E-state index contributed by atoms with van der Waals surface area (Å²) in [4.78, 5) is 11.7. The van der Waals surface area contributed by atoms with Crippen LogP contribution in [0.15, 0.2) is 22.8 Å². The zero-order valence-corrected chi connectivity index (χ0v) is 11.1. The lowest BCUT2D eigenvalue weighted by Gasteiger charge is -2.46. The van der Waals surface area contributed by atoms with E-state index in [0.29, 0.717) is 0 Å². The zero-order chi connectivity index (χ0) is 12.0. The van der Waals surface area contributed by atoms with Crippen molar-refractivity contribution < 1.29 is 4.79 Å². The third kappa shape index (κ3) is 1.48. The lowest BCUT2D eigenvalue weighted by atomic mass is 9.57. The Hall–Kier alpha value is -0.560. The largest absolute Gasteiger partial charge is 0.280 e. The minimum Gasteiger partial charge on any atom is -0.280 e. The van der Waals surface area contributed by atoms with Gasteiger partial charge in [0.15, 0.2) is 0 Å². The van der Waals surface area contributed by atoms with Crippen LogP contribution in [0.1, 0.15) is 41.5 Å². The van der Waals surface area contributed by atoms with Gasteiger partial charge in [0, 0.05) is 5.41 Å². The van der Waals surface area contributed by atoms with E-state index in [4.69, 9.17) is 11.6 Å². The van der Waals surface area contributed by atoms with Gasteiger partial charge in [0.2, 0.25) is 5.24 Å². The molecule has 0 N–H and O–H groups in total. The van der Waals surface area contributed by atoms with Crippen molar-refractivity contribution in [2.75, 3.05) is 0 Å². The molecule has 0 aliphatic heterocycles. The summed E-state index contributed by atoms with van der Waals surface area (Å²) in [5.41, 5.74) is 2.74. The third-order valence-corrected chi connectivity index (χ3v) is 4.77. The maximum absolute atomic E-state index is 11.7. The molecule has 0 aromatic rings. The van der Waals surface area contributed by atoms with Crippen LogP contribution in [0.4, 0.5) is 0 Å². The number of hydrogen-bond donors (Lipinski definition) is 0. The molecule has 15 heavy (non-hydrogen) atoms. The number of carbonyl (C=O) groups is 1. The first-order valence-electron chi connectivity index (χ1n) is 5.22. The van der Waals surface area contributed by atoms with Crippen LogP contribution in [0.25, 0.3) is 0 Å². The summed E-state index contributed by atoms with van der Waals surface area (Å²) in [5.74, 6) is 0. The molecule has 1 aliphatic rings. The van der Waals surface area contributed by atoms with Crippen molar-refractivity contribution >= 4 is 16.8 Å². The number of halogens is 1. The van der Waals surface area contributed by atoms with Crippen molar-refractivity contribution in [2.24, 2.45) is 10.8 Å². The molecule has 0 heterocycles. The van der Waals surface area contributed by atoms with E-state index in [1.165, 1.54) is 11.1 Å². The van der Waals surface area contributed by atoms with Gasteiger partial charge in [-0.25, -0.2) is 0 Å². The Labute approximate surface area is 97.2 Å². The molecular weight excluding hydrogens is 208 g/mol. The SMILES string of the molecule is CC1=CC(C)=C(C)C(C)(C)C1(C)C(=O)Cl. The van der Waals surface area contributed by atoms with Crippen LogP contribution in [0.2, 0.25) is 0 Å². The predicted molar refractivity (Wildman–Crippen MR) is 64.9 cm³/mol. The average Bonchev–Trinajstić information content (AvgIpc) is 2.12. The van der Waals surface area contributed by atoms with Gasteiger partial charge in [-0.3, -0.25) is 4.79 Å². The number of allylic oxidation sites excluding steroid dienone is 4. The Morgan fingerprint density at radius 2 is 1.67 bits per heavy atom. The van der Waals surface area contributed by atoms with E-state index in [1.807, 2.05) is 13.8 Å². The first-order chi connectivity index (χ1) is 6.65. The first-order valence-corrected chi connectivity index (χ1v) is 5.60. The van der Waals surface area contributed by atoms with Crippen molar-refractivity contribution in [3.8, 4) is 0 Å². The van der Waals surface area contributed by atoms with Crippen LogP contribution < -0.4 is 0 Å². The molecule has 1 atom stereocenters. The van der Waals surface area contributed by atoms with Crippen molar-refractivity contribution in [1.29, 1.82) is 0 Å². The molecule has 0 saturated carbocycles. The van der Waals surface area contributed by atoms with Gasteiger partial charge < -0.3 is 0 Å². The van der Waals surface area contributed by atoms with Gasteiger partial charge in [-0.2, -0.15) is 0 Å². The Morgan fingerprint density at radius 3 is 2.07 bits per heavy atom. The Kier molecular flexibility index (Phi) is 2.90. The summed E-state index contributed by atoms with van der Waals surface area (Å²) in [6.45, 7) is 12.3. The van der Waals surface area contributed by atoms with Crippen LogP contribution in [-0.4, -0.2) is 5.24 Å². The molecule has 84 valence electrons. The number of rotatable bonds is 1. The van der Waals surface area contributed by atoms with E-state index < -0.39 is 5.41 Å². The van der Waals surface area contributed by atoms with E-state index in [0.717, 1.165) is 5.57 Å². The minimum absolute atomic E-state index is 0.214. The number of carbonyl (C=O) groups excluding carboxylic acids is 1. The summed E-state index contributed by atoms with van der Waals surface area (Å²) in [5, 5.41) is -0.270. The van der Waals surface area contributed by atoms with Crippen molar-refractivity contribution in [2.45, 2.75) is 41.5 Å². The molecule has 0 aromatic carbocycles. The third-order valence-electron chi connectivity index (χ3n) is 4.39. The maximum Gasteiger partial charge on any atom is 0.232 e. The molecule has 0 aromatic heterocycles. The van der Waals surface area contributed by atoms with Crippen LogP contribution >= 0.6 is 11.6 Å².